The van der Waals surface area contributed by atoms with E-state index in [1.807, 2.05) is 25.1 Å². The second-order valence-electron chi connectivity index (χ2n) is 6.87. The van der Waals surface area contributed by atoms with Crippen molar-refractivity contribution in [2.45, 2.75) is 24.0 Å². The van der Waals surface area contributed by atoms with E-state index in [9.17, 15) is 17.6 Å². The predicted molar refractivity (Wildman–Crippen MR) is 115 cm³/mol. The van der Waals surface area contributed by atoms with Crippen LogP contribution in [-0.4, -0.2) is 27.5 Å². The minimum absolute atomic E-state index is 0.0186. The van der Waals surface area contributed by atoms with Crippen LogP contribution in [-0.2, 0) is 14.6 Å². The number of sulfone groups is 1. The van der Waals surface area contributed by atoms with Gasteiger partial charge in [-0.15, -0.1) is 11.3 Å². The highest BCUT2D eigenvalue weighted by Crippen LogP contribution is 2.32. The van der Waals surface area contributed by atoms with Crippen LogP contribution in [0.2, 0.25) is 0 Å². The highest BCUT2D eigenvalue weighted by atomic mass is 32.2. The Morgan fingerprint density at radius 1 is 1.13 bits per heavy atom. The Kier molecular flexibility index (Phi) is 6.89. The van der Waals surface area contributed by atoms with Crippen LogP contribution in [0.15, 0.2) is 64.9 Å². The van der Waals surface area contributed by atoms with Crippen LogP contribution in [0.5, 0.6) is 5.75 Å². The fourth-order valence-corrected chi connectivity index (χ4v) is 5.78. The molecular weight excluding hydrogens is 425 g/mol. The van der Waals surface area contributed by atoms with Crippen LogP contribution >= 0.6 is 11.3 Å². The van der Waals surface area contributed by atoms with Crippen LogP contribution < -0.4 is 10.1 Å². The molecule has 158 valence electrons. The first-order chi connectivity index (χ1) is 14.3. The van der Waals surface area contributed by atoms with E-state index in [4.69, 9.17) is 4.74 Å². The lowest BCUT2D eigenvalue weighted by molar-refractivity contribution is -0.123. The number of amides is 1. The first kappa shape index (κ1) is 22.0. The summed E-state index contributed by atoms with van der Waals surface area (Å²) in [6.07, 6.45) is 0. The Bertz CT molecular complexity index is 1130. The monoisotopic (exact) mass is 447 g/mol. The molecule has 3 rings (SSSR count). The highest BCUT2D eigenvalue weighted by Gasteiger charge is 2.31. The average Bonchev–Trinajstić information content (AvgIpc) is 3.23. The summed E-state index contributed by atoms with van der Waals surface area (Å²) in [4.78, 5) is 12.9. The first-order valence-corrected chi connectivity index (χ1v) is 11.7. The van der Waals surface area contributed by atoms with E-state index >= 15 is 0 Å². The van der Waals surface area contributed by atoms with Gasteiger partial charge in [0, 0.05) is 11.4 Å². The molecule has 0 saturated carbocycles. The van der Waals surface area contributed by atoms with Crippen molar-refractivity contribution in [3.8, 4) is 5.75 Å². The summed E-state index contributed by atoms with van der Waals surface area (Å²) >= 11 is 1.29. The lowest BCUT2D eigenvalue weighted by Gasteiger charge is -2.18. The zero-order valence-electron chi connectivity index (χ0n) is 16.6. The standard InChI is InChI=1S/C22H22FNO4S2/c1-15-5-3-6-17(11-15)28-14-22(25)24-13-21(20-7-4-10-29-20)30(26,27)18-8-9-19(23)16(2)12-18/h3-12,21H,13-14H2,1-2H3,(H,24,25)/t21-/m0/s1. The largest absolute Gasteiger partial charge is 0.484 e. The van der Waals surface area contributed by atoms with Crippen LogP contribution in [0.4, 0.5) is 4.39 Å². The quantitative estimate of drug-likeness (QED) is 0.525. The van der Waals surface area contributed by atoms with E-state index in [2.05, 4.69) is 5.32 Å². The number of carbonyl (C=O) groups is 1. The van der Waals surface area contributed by atoms with Gasteiger partial charge in [-0.2, -0.15) is 0 Å². The molecule has 5 nitrogen and oxygen atoms in total. The number of nitrogens with one attached hydrogen (secondary N) is 1. The third-order valence-electron chi connectivity index (χ3n) is 4.54. The van der Waals surface area contributed by atoms with Gasteiger partial charge < -0.3 is 10.1 Å². The molecule has 30 heavy (non-hydrogen) atoms. The molecule has 2 aromatic carbocycles. The first-order valence-electron chi connectivity index (χ1n) is 9.27. The molecule has 0 spiro atoms. The van der Waals surface area contributed by atoms with Gasteiger partial charge in [0.25, 0.3) is 5.91 Å². The minimum atomic E-state index is -3.84. The number of ether oxygens (including phenoxy) is 1. The molecule has 1 N–H and O–H groups in total. The molecule has 0 radical (unpaired) electrons. The summed E-state index contributed by atoms with van der Waals surface area (Å²) in [7, 11) is -3.84. The van der Waals surface area contributed by atoms with Crippen molar-refractivity contribution < 1.29 is 22.3 Å². The molecule has 0 saturated heterocycles. The maximum atomic E-state index is 13.6. The van der Waals surface area contributed by atoms with Gasteiger partial charge in [-0.25, -0.2) is 12.8 Å². The summed E-state index contributed by atoms with van der Waals surface area (Å²) in [6, 6.07) is 14.5. The van der Waals surface area contributed by atoms with Crippen molar-refractivity contribution in [3.63, 3.8) is 0 Å². The van der Waals surface area contributed by atoms with Gasteiger partial charge in [0.15, 0.2) is 16.4 Å². The highest BCUT2D eigenvalue weighted by molar-refractivity contribution is 7.91. The maximum Gasteiger partial charge on any atom is 0.257 e. The number of aryl methyl sites for hydroxylation is 2. The van der Waals surface area contributed by atoms with Crippen molar-refractivity contribution in [2.75, 3.05) is 13.2 Å². The molecule has 8 heteroatoms. The second-order valence-corrected chi connectivity index (χ2v) is 9.98. The number of carbonyl (C=O) groups excluding carboxylic acids is 1. The van der Waals surface area contributed by atoms with E-state index in [0.717, 1.165) is 11.6 Å². The van der Waals surface area contributed by atoms with Gasteiger partial charge in [-0.1, -0.05) is 18.2 Å². The zero-order valence-corrected chi connectivity index (χ0v) is 18.2. The zero-order chi connectivity index (χ0) is 21.7. The van der Waals surface area contributed by atoms with Gasteiger partial charge in [-0.3, -0.25) is 4.79 Å². The van der Waals surface area contributed by atoms with Crippen molar-refractivity contribution in [2.24, 2.45) is 0 Å². The molecule has 0 unspecified atom stereocenters. The molecule has 1 heterocycles. The Hall–Kier alpha value is -2.71. The van der Waals surface area contributed by atoms with E-state index in [0.29, 0.717) is 10.6 Å². The minimum Gasteiger partial charge on any atom is -0.484 e. The molecule has 0 aliphatic rings. The fraction of sp³-hybridized carbons (Fsp3) is 0.227. The average molecular weight is 448 g/mol. The lowest BCUT2D eigenvalue weighted by atomic mass is 10.2. The number of benzene rings is 2. The van der Waals surface area contributed by atoms with Crippen molar-refractivity contribution in [3.05, 3.63) is 81.8 Å². The van der Waals surface area contributed by atoms with Gasteiger partial charge in [-0.05, 0) is 66.8 Å². The van der Waals surface area contributed by atoms with Crippen LogP contribution in [0.3, 0.4) is 0 Å². The van der Waals surface area contributed by atoms with E-state index in [-0.39, 0.29) is 23.6 Å². The molecule has 0 aliphatic heterocycles. The molecule has 1 amide bonds. The third kappa shape index (κ3) is 5.25. The van der Waals surface area contributed by atoms with Crippen LogP contribution in [0.1, 0.15) is 21.3 Å². The molecule has 0 aliphatic carbocycles. The summed E-state index contributed by atoms with van der Waals surface area (Å²) in [5.41, 5.74) is 1.25. The van der Waals surface area contributed by atoms with Gasteiger partial charge in [0.05, 0.1) is 4.90 Å². The summed E-state index contributed by atoms with van der Waals surface area (Å²) in [5.74, 6) is -0.332. The third-order valence-corrected chi connectivity index (χ3v) is 7.75. The molecule has 0 fully saturated rings. The van der Waals surface area contributed by atoms with Crippen molar-refractivity contribution in [1.82, 2.24) is 5.32 Å². The van der Waals surface area contributed by atoms with E-state index in [1.54, 1.807) is 23.6 Å². The second kappa shape index (κ2) is 9.40. The van der Waals surface area contributed by atoms with Crippen molar-refractivity contribution >= 4 is 27.1 Å². The number of rotatable bonds is 8. The summed E-state index contributed by atoms with van der Waals surface area (Å²) in [5, 5.41) is 3.44. The van der Waals surface area contributed by atoms with Crippen LogP contribution in [0.25, 0.3) is 0 Å². The Labute approximate surface area is 179 Å². The van der Waals surface area contributed by atoms with Gasteiger partial charge in [0.2, 0.25) is 0 Å². The molecule has 1 aromatic heterocycles. The Morgan fingerprint density at radius 2 is 1.93 bits per heavy atom. The summed E-state index contributed by atoms with van der Waals surface area (Å²) in [6.45, 7) is 3.09. The van der Waals surface area contributed by atoms with Crippen LogP contribution in [0, 0.1) is 19.7 Å². The number of halogens is 1. The molecule has 3 aromatic rings. The number of thiophene rings is 1. The lowest BCUT2D eigenvalue weighted by Crippen LogP contribution is -2.34. The number of hydrogen-bond donors (Lipinski definition) is 1. The van der Waals surface area contributed by atoms with E-state index < -0.39 is 26.8 Å². The normalized spacial score (nSPS) is 12.4. The predicted octanol–water partition coefficient (Wildman–Crippen LogP) is 4.21. The summed E-state index contributed by atoms with van der Waals surface area (Å²) < 4.78 is 45.5. The number of hydrogen-bond acceptors (Lipinski definition) is 5. The molecule has 0 bridgehead atoms. The topological polar surface area (TPSA) is 72.5 Å². The van der Waals surface area contributed by atoms with E-state index in [1.165, 1.54) is 30.4 Å². The van der Waals surface area contributed by atoms with Crippen molar-refractivity contribution in [1.29, 1.82) is 0 Å². The molecular formula is C22H22FNO4S2. The van der Waals surface area contributed by atoms with Gasteiger partial charge in [0.1, 0.15) is 16.8 Å². The Balaban J connectivity index is 1.73. The SMILES string of the molecule is Cc1cccc(OCC(=O)NC[C@@H](c2cccs2)S(=O)(=O)c2ccc(F)c(C)c2)c1. The maximum absolute atomic E-state index is 13.6. The molecule has 1 atom stereocenters. The van der Waals surface area contributed by atoms with Gasteiger partial charge >= 0.3 is 0 Å². The smallest absolute Gasteiger partial charge is 0.257 e. The fourth-order valence-electron chi connectivity index (χ4n) is 2.91. The Morgan fingerprint density at radius 3 is 2.60 bits per heavy atom.